The van der Waals surface area contributed by atoms with Gasteiger partial charge in [0.05, 0.1) is 6.54 Å². The third kappa shape index (κ3) is 7.15. The Kier molecular flexibility index (Phi) is 10.7. The molecule has 2 unspecified atom stereocenters. The zero-order chi connectivity index (χ0) is 21.5. The largest absolute Gasteiger partial charge is 0.365 e. The lowest BCUT2D eigenvalue weighted by Gasteiger charge is -2.37. The van der Waals surface area contributed by atoms with Gasteiger partial charge in [-0.05, 0) is 38.9 Å². The summed E-state index contributed by atoms with van der Waals surface area (Å²) in [6.07, 6.45) is 0.812. The van der Waals surface area contributed by atoms with Gasteiger partial charge in [-0.1, -0.05) is 13.0 Å². The molecule has 1 aromatic carbocycles. The molecule has 3 rings (SSSR count). The summed E-state index contributed by atoms with van der Waals surface area (Å²) < 4.78 is 28.2. The highest BCUT2D eigenvalue weighted by Crippen LogP contribution is 2.26. The van der Waals surface area contributed by atoms with Crippen LogP contribution < -0.4 is 15.5 Å². The van der Waals surface area contributed by atoms with Crippen LogP contribution in [0.25, 0.3) is 0 Å². The molecule has 0 aliphatic carbocycles. The number of nitrogens with zero attached hydrogens (tertiary/aromatic N) is 4. The number of likely N-dealkylation sites (N-methyl/N-ethyl adjacent to an activating group) is 1. The van der Waals surface area contributed by atoms with Crippen LogP contribution in [0.4, 0.5) is 14.5 Å². The first-order valence-electron chi connectivity index (χ1n) is 11.2. The molecular weight excluding hydrogens is 513 g/mol. The van der Waals surface area contributed by atoms with Crippen LogP contribution in [0, 0.1) is 11.6 Å². The molecule has 0 spiro atoms. The minimum Gasteiger partial charge on any atom is -0.365 e. The standard InChI is InChI=1S/C22H36F2N6.HI/c1-4-25-22(26-15-17(3)29-13-11-28(5-2)12-14-29)27-18-9-10-30(16-18)21-19(23)7-6-8-20(21)24;/h6-8,17-18H,4-5,9-16H2,1-3H3,(H2,25,26,27);1H. The van der Waals surface area contributed by atoms with Crippen molar-refractivity contribution in [3.8, 4) is 0 Å². The Balaban J connectivity index is 0.00000341. The third-order valence-corrected chi connectivity index (χ3v) is 6.12. The predicted octanol–water partition coefficient (Wildman–Crippen LogP) is 2.74. The van der Waals surface area contributed by atoms with Crippen molar-refractivity contribution in [1.29, 1.82) is 0 Å². The molecule has 2 saturated heterocycles. The number of hydrogen-bond acceptors (Lipinski definition) is 4. The fourth-order valence-corrected chi connectivity index (χ4v) is 4.24. The van der Waals surface area contributed by atoms with E-state index >= 15 is 0 Å². The zero-order valence-corrected chi connectivity index (χ0v) is 21.2. The Bertz CT molecular complexity index is 691. The van der Waals surface area contributed by atoms with Crippen LogP contribution in [-0.2, 0) is 0 Å². The number of aliphatic imine (C=N–C) groups is 1. The predicted molar refractivity (Wildman–Crippen MR) is 135 cm³/mol. The van der Waals surface area contributed by atoms with Gasteiger partial charge in [0, 0.05) is 57.9 Å². The first-order valence-corrected chi connectivity index (χ1v) is 11.2. The Hall–Kier alpha value is -1.20. The van der Waals surface area contributed by atoms with E-state index in [1.165, 1.54) is 18.2 Å². The van der Waals surface area contributed by atoms with Crippen molar-refractivity contribution in [3.05, 3.63) is 29.8 Å². The summed E-state index contributed by atoms with van der Waals surface area (Å²) in [7, 11) is 0. The summed E-state index contributed by atoms with van der Waals surface area (Å²) in [5.41, 5.74) is 0.0728. The van der Waals surface area contributed by atoms with E-state index in [1.807, 2.05) is 6.92 Å². The molecule has 0 bridgehead atoms. The Morgan fingerprint density at radius 2 is 1.81 bits per heavy atom. The molecule has 176 valence electrons. The number of nitrogens with one attached hydrogen (secondary N) is 2. The van der Waals surface area contributed by atoms with Gasteiger partial charge in [0.15, 0.2) is 5.96 Å². The lowest BCUT2D eigenvalue weighted by atomic mass is 10.2. The van der Waals surface area contributed by atoms with Gasteiger partial charge in [-0.15, -0.1) is 24.0 Å². The average molecular weight is 550 g/mol. The van der Waals surface area contributed by atoms with E-state index < -0.39 is 11.6 Å². The molecule has 31 heavy (non-hydrogen) atoms. The number of hydrogen-bond donors (Lipinski definition) is 2. The summed E-state index contributed by atoms with van der Waals surface area (Å²) >= 11 is 0. The van der Waals surface area contributed by atoms with E-state index in [0.717, 1.165) is 58.2 Å². The number of benzene rings is 1. The van der Waals surface area contributed by atoms with E-state index in [-0.39, 0.29) is 35.7 Å². The van der Waals surface area contributed by atoms with Gasteiger partial charge in [0.25, 0.3) is 0 Å². The lowest BCUT2D eigenvalue weighted by molar-refractivity contribution is 0.109. The van der Waals surface area contributed by atoms with Gasteiger partial charge < -0.3 is 20.4 Å². The van der Waals surface area contributed by atoms with E-state index in [9.17, 15) is 8.78 Å². The van der Waals surface area contributed by atoms with Crippen molar-refractivity contribution in [3.63, 3.8) is 0 Å². The minimum atomic E-state index is -0.506. The molecule has 2 fully saturated rings. The Morgan fingerprint density at radius 1 is 1.13 bits per heavy atom. The highest BCUT2D eigenvalue weighted by Gasteiger charge is 2.27. The number of guanidine groups is 1. The molecule has 2 atom stereocenters. The maximum Gasteiger partial charge on any atom is 0.191 e. The van der Waals surface area contributed by atoms with Crippen LogP contribution in [0.1, 0.15) is 27.2 Å². The summed E-state index contributed by atoms with van der Waals surface area (Å²) in [5, 5.41) is 6.76. The fraction of sp³-hybridized carbons (Fsp3) is 0.682. The maximum absolute atomic E-state index is 14.1. The van der Waals surface area contributed by atoms with Crippen LogP contribution in [0.2, 0.25) is 0 Å². The van der Waals surface area contributed by atoms with Gasteiger partial charge in [0.2, 0.25) is 0 Å². The monoisotopic (exact) mass is 550 g/mol. The van der Waals surface area contributed by atoms with Gasteiger partial charge in [-0.25, -0.2) is 8.78 Å². The first-order chi connectivity index (χ1) is 14.5. The third-order valence-electron chi connectivity index (χ3n) is 6.12. The normalized spacial score (nSPS) is 21.6. The topological polar surface area (TPSA) is 46.1 Å². The average Bonchev–Trinajstić information content (AvgIpc) is 3.20. The number of rotatable bonds is 7. The summed E-state index contributed by atoms with van der Waals surface area (Å²) in [6, 6.07) is 4.51. The van der Waals surface area contributed by atoms with E-state index in [0.29, 0.717) is 19.1 Å². The highest BCUT2D eigenvalue weighted by atomic mass is 127. The number of para-hydroxylation sites is 1. The number of anilines is 1. The van der Waals surface area contributed by atoms with Crippen molar-refractivity contribution in [2.45, 2.75) is 39.3 Å². The molecule has 1 aromatic rings. The van der Waals surface area contributed by atoms with Crippen LogP contribution in [-0.4, -0.2) is 86.7 Å². The highest BCUT2D eigenvalue weighted by molar-refractivity contribution is 14.0. The number of halogens is 3. The molecule has 2 heterocycles. The Morgan fingerprint density at radius 3 is 2.42 bits per heavy atom. The first kappa shape index (κ1) is 26.1. The van der Waals surface area contributed by atoms with E-state index in [4.69, 9.17) is 4.99 Å². The molecule has 0 radical (unpaired) electrons. The molecule has 6 nitrogen and oxygen atoms in total. The lowest BCUT2D eigenvalue weighted by Crippen LogP contribution is -2.50. The van der Waals surface area contributed by atoms with Crippen LogP contribution in [0.5, 0.6) is 0 Å². The molecule has 0 amide bonds. The van der Waals surface area contributed by atoms with Gasteiger partial charge >= 0.3 is 0 Å². The summed E-state index contributed by atoms with van der Waals surface area (Å²) in [6.45, 7) is 14.7. The second kappa shape index (κ2) is 12.7. The molecule has 0 aromatic heterocycles. The molecule has 2 aliphatic heterocycles. The molecule has 2 aliphatic rings. The van der Waals surface area contributed by atoms with Crippen molar-refractivity contribution in [1.82, 2.24) is 20.4 Å². The van der Waals surface area contributed by atoms with Crippen molar-refractivity contribution < 1.29 is 8.78 Å². The number of piperazine rings is 1. The zero-order valence-electron chi connectivity index (χ0n) is 18.9. The van der Waals surface area contributed by atoms with E-state index in [2.05, 4.69) is 34.3 Å². The second-order valence-electron chi connectivity index (χ2n) is 8.19. The molecule has 9 heteroatoms. The second-order valence-corrected chi connectivity index (χ2v) is 8.19. The summed E-state index contributed by atoms with van der Waals surface area (Å²) in [5.74, 6) is -0.237. The van der Waals surface area contributed by atoms with E-state index in [1.54, 1.807) is 4.90 Å². The van der Waals surface area contributed by atoms with Gasteiger partial charge in [-0.3, -0.25) is 9.89 Å². The van der Waals surface area contributed by atoms with Crippen molar-refractivity contribution in [2.24, 2.45) is 4.99 Å². The van der Waals surface area contributed by atoms with Crippen LogP contribution in [0.15, 0.2) is 23.2 Å². The van der Waals surface area contributed by atoms with Crippen molar-refractivity contribution >= 4 is 35.6 Å². The SMILES string of the molecule is CCNC(=NCC(C)N1CCN(CC)CC1)NC1CCN(c2c(F)cccc2F)C1.I. The fourth-order valence-electron chi connectivity index (χ4n) is 4.24. The quantitative estimate of drug-likeness (QED) is 0.311. The smallest absolute Gasteiger partial charge is 0.191 e. The van der Waals surface area contributed by atoms with Crippen LogP contribution >= 0.6 is 24.0 Å². The molecule has 2 N–H and O–H groups in total. The van der Waals surface area contributed by atoms with Gasteiger partial charge in [-0.2, -0.15) is 0 Å². The Labute approximate surface area is 202 Å². The van der Waals surface area contributed by atoms with Crippen LogP contribution in [0.3, 0.4) is 0 Å². The summed E-state index contributed by atoms with van der Waals surface area (Å²) in [4.78, 5) is 11.5. The maximum atomic E-state index is 14.1. The minimum absolute atomic E-state index is 0. The molecular formula is C22H37F2IN6. The van der Waals surface area contributed by atoms with Crippen molar-refractivity contribution in [2.75, 3.05) is 63.8 Å². The molecule has 0 saturated carbocycles. The van der Waals surface area contributed by atoms with Gasteiger partial charge in [0.1, 0.15) is 17.3 Å².